The minimum absolute atomic E-state index is 0.0936. The minimum atomic E-state index is -3.95. The van der Waals surface area contributed by atoms with Crippen LogP contribution in [0.2, 0.25) is 0 Å². The number of hydrogen-bond acceptors (Lipinski definition) is 3. The Balaban J connectivity index is 1.82. The van der Waals surface area contributed by atoms with Gasteiger partial charge >= 0.3 is 0 Å². The van der Waals surface area contributed by atoms with Crippen LogP contribution in [0.25, 0.3) is 0 Å². The maximum absolute atomic E-state index is 13.9. The van der Waals surface area contributed by atoms with Crippen molar-refractivity contribution in [3.8, 4) is 0 Å². The van der Waals surface area contributed by atoms with E-state index in [1.807, 2.05) is 67.6 Å². The van der Waals surface area contributed by atoms with Gasteiger partial charge in [-0.1, -0.05) is 78.4 Å². The number of carbonyl (C=O) groups is 1. The van der Waals surface area contributed by atoms with Crippen LogP contribution in [0.15, 0.2) is 114 Å². The van der Waals surface area contributed by atoms with E-state index in [-0.39, 0.29) is 17.3 Å². The maximum atomic E-state index is 13.9. The van der Waals surface area contributed by atoms with Gasteiger partial charge in [-0.25, -0.2) is 8.42 Å². The highest BCUT2D eigenvalue weighted by molar-refractivity contribution is 7.92. The number of benzene rings is 4. The summed E-state index contributed by atoms with van der Waals surface area (Å²) in [7, 11) is -2.27. The van der Waals surface area contributed by atoms with Gasteiger partial charge in [0.2, 0.25) is 0 Å². The van der Waals surface area contributed by atoms with Gasteiger partial charge in [0.05, 0.1) is 22.7 Å². The van der Waals surface area contributed by atoms with Crippen LogP contribution in [0.1, 0.15) is 21.5 Å². The van der Waals surface area contributed by atoms with Crippen LogP contribution in [-0.2, 0) is 16.6 Å². The molecule has 0 radical (unpaired) electrons. The van der Waals surface area contributed by atoms with Crippen molar-refractivity contribution >= 4 is 27.3 Å². The van der Waals surface area contributed by atoms with Gasteiger partial charge in [-0.05, 0) is 48.9 Å². The summed E-state index contributed by atoms with van der Waals surface area (Å²) in [5, 5.41) is 0. The summed E-state index contributed by atoms with van der Waals surface area (Å²) in [4.78, 5) is 15.2. The van der Waals surface area contributed by atoms with Crippen LogP contribution in [0, 0.1) is 6.92 Å². The number of sulfonamides is 1. The molecule has 0 heterocycles. The molecule has 0 fully saturated rings. The molecule has 5 nitrogen and oxygen atoms in total. The number of anilines is 2. The maximum Gasteiger partial charge on any atom is 0.264 e. The molecular weight excluding hydrogens is 444 g/mol. The normalized spacial score (nSPS) is 11.1. The molecule has 0 aromatic heterocycles. The zero-order valence-electron chi connectivity index (χ0n) is 19.1. The molecule has 0 unspecified atom stereocenters. The first-order valence-electron chi connectivity index (χ1n) is 10.9. The van der Waals surface area contributed by atoms with Crippen molar-refractivity contribution in [1.29, 1.82) is 0 Å². The highest BCUT2D eigenvalue weighted by Gasteiger charge is 2.29. The van der Waals surface area contributed by atoms with Crippen LogP contribution < -0.4 is 9.21 Å². The average molecular weight is 471 g/mol. The monoisotopic (exact) mass is 470 g/mol. The summed E-state index contributed by atoms with van der Waals surface area (Å²) in [5.74, 6) is -0.293. The van der Waals surface area contributed by atoms with E-state index in [2.05, 4.69) is 0 Å². The van der Waals surface area contributed by atoms with Gasteiger partial charge in [-0.3, -0.25) is 9.10 Å². The second-order valence-corrected chi connectivity index (χ2v) is 9.89. The van der Waals surface area contributed by atoms with Crippen molar-refractivity contribution in [2.75, 3.05) is 16.3 Å². The lowest BCUT2D eigenvalue weighted by Gasteiger charge is -2.28. The third-order valence-electron chi connectivity index (χ3n) is 5.63. The van der Waals surface area contributed by atoms with E-state index >= 15 is 0 Å². The summed E-state index contributed by atoms with van der Waals surface area (Å²) in [6.07, 6.45) is 0. The molecular formula is C28H26N2O3S. The smallest absolute Gasteiger partial charge is 0.264 e. The number of carbonyl (C=O) groups excluding carboxylic acids is 1. The first-order chi connectivity index (χ1) is 16.4. The fourth-order valence-electron chi connectivity index (χ4n) is 3.71. The fourth-order valence-corrected chi connectivity index (χ4v) is 5.18. The highest BCUT2D eigenvalue weighted by atomic mass is 32.2. The quantitative estimate of drug-likeness (QED) is 0.350. The lowest BCUT2D eigenvalue weighted by molar-refractivity contribution is 0.0993. The molecule has 0 atom stereocenters. The number of hydrogen-bond donors (Lipinski definition) is 0. The van der Waals surface area contributed by atoms with Gasteiger partial charge in [0.15, 0.2) is 0 Å². The minimum Gasteiger partial charge on any atom is -0.311 e. The third kappa shape index (κ3) is 4.87. The van der Waals surface area contributed by atoms with Crippen molar-refractivity contribution in [1.82, 2.24) is 0 Å². The van der Waals surface area contributed by atoms with Gasteiger partial charge in [0.1, 0.15) is 0 Å². The molecule has 0 bridgehead atoms. The van der Waals surface area contributed by atoms with E-state index < -0.39 is 10.0 Å². The van der Waals surface area contributed by atoms with Gasteiger partial charge in [0, 0.05) is 12.7 Å². The molecule has 0 saturated heterocycles. The summed E-state index contributed by atoms with van der Waals surface area (Å²) in [5.41, 5.74) is 3.14. The summed E-state index contributed by atoms with van der Waals surface area (Å²) in [6, 6.07) is 32.2. The molecule has 4 rings (SSSR count). The zero-order valence-corrected chi connectivity index (χ0v) is 19.9. The van der Waals surface area contributed by atoms with E-state index in [0.29, 0.717) is 11.3 Å². The van der Waals surface area contributed by atoms with Crippen molar-refractivity contribution in [3.05, 3.63) is 126 Å². The van der Waals surface area contributed by atoms with Crippen LogP contribution in [0.4, 0.5) is 11.4 Å². The summed E-state index contributed by atoms with van der Waals surface area (Å²) in [6.45, 7) is 2.00. The number of rotatable bonds is 7. The van der Waals surface area contributed by atoms with Crippen molar-refractivity contribution in [3.63, 3.8) is 0 Å². The third-order valence-corrected chi connectivity index (χ3v) is 7.40. The van der Waals surface area contributed by atoms with Gasteiger partial charge in [-0.2, -0.15) is 0 Å². The molecule has 0 aliphatic carbocycles. The molecule has 6 heteroatoms. The van der Waals surface area contributed by atoms with Crippen LogP contribution in [-0.4, -0.2) is 21.4 Å². The first-order valence-corrected chi connectivity index (χ1v) is 12.4. The molecule has 34 heavy (non-hydrogen) atoms. The van der Waals surface area contributed by atoms with E-state index in [4.69, 9.17) is 0 Å². The topological polar surface area (TPSA) is 57.7 Å². The van der Waals surface area contributed by atoms with Crippen LogP contribution in [0.3, 0.4) is 0 Å². The summed E-state index contributed by atoms with van der Waals surface area (Å²) >= 11 is 0. The molecule has 172 valence electrons. The predicted octanol–water partition coefficient (Wildman–Crippen LogP) is 5.67. The Hall–Kier alpha value is -3.90. The van der Waals surface area contributed by atoms with Gasteiger partial charge in [0.25, 0.3) is 15.9 Å². The second-order valence-electron chi connectivity index (χ2n) is 8.03. The van der Waals surface area contributed by atoms with Gasteiger partial charge in [-0.15, -0.1) is 0 Å². The molecule has 0 aliphatic heterocycles. The number of amides is 1. The largest absolute Gasteiger partial charge is 0.311 e. The average Bonchev–Trinajstić information content (AvgIpc) is 2.88. The zero-order chi connectivity index (χ0) is 24.1. The molecule has 4 aromatic rings. The standard InChI is InChI=1S/C28H26N2O3S/c1-22-17-19-25(20-18-22)34(32,33)30(21-23-11-5-3-6-12-23)27-16-10-9-15-26(27)28(31)29(2)24-13-7-4-8-14-24/h3-20H,21H2,1-2H3. The molecule has 0 aliphatic rings. The lowest BCUT2D eigenvalue weighted by atomic mass is 10.1. The SMILES string of the molecule is Cc1ccc(S(=O)(=O)N(Cc2ccccc2)c2ccccc2C(=O)N(C)c2ccccc2)cc1. The van der Waals surface area contributed by atoms with Crippen LogP contribution in [0.5, 0.6) is 0 Å². The predicted molar refractivity (Wildman–Crippen MR) is 137 cm³/mol. The van der Waals surface area contributed by atoms with Gasteiger partial charge < -0.3 is 4.90 Å². The Morgan fingerprint density at radius 1 is 0.735 bits per heavy atom. The Bertz CT molecular complexity index is 1370. The van der Waals surface area contributed by atoms with E-state index in [1.165, 1.54) is 9.21 Å². The second kappa shape index (κ2) is 9.93. The van der Waals surface area contributed by atoms with E-state index in [1.54, 1.807) is 55.6 Å². The Kier molecular flexibility index (Phi) is 6.80. The molecule has 1 amide bonds. The van der Waals surface area contributed by atoms with E-state index in [9.17, 15) is 13.2 Å². The summed E-state index contributed by atoms with van der Waals surface area (Å²) < 4.78 is 29.0. The van der Waals surface area contributed by atoms with Crippen LogP contribution >= 0.6 is 0 Å². The molecule has 0 saturated carbocycles. The highest BCUT2D eigenvalue weighted by Crippen LogP contribution is 2.31. The molecule has 0 N–H and O–H groups in total. The number of nitrogens with zero attached hydrogens (tertiary/aromatic N) is 2. The van der Waals surface area contributed by atoms with Crippen molar-refractivity contribution in [2.24, 2.45) is 0 Å². The lowest BCUT2D eigenvalue weighted by Crippen LogP contribution is -2.34. The van der Waals surface area contributed by atoms with Crippen molar-refractivity contribution in [2.45, 2.75) is 18.4 Å². The van der Waals surface area contributed by atoms with E-state index in [0.717, 1.165) is 16.8 Å². The number of para-hydroxylation sites is 2. The molecule has 4 aromatic carbocycles. The Morgan fingerprint density at radius 2 is 1.29 bits per heavy atom. The Labute approximate surface area is 201 Å². The van der Waals surface area contributed by atoms with Crippen molar-refractivity contribution < 1.29 is 13.2 Å². The Morgan fingerprint density at radius 3 is 1.94 bits per heavy atom. The fraction of sp³-hybridized carbons (Fsp3) is 0.107. The first kappa shape index (κ1) is 23.3. The number of aryl methyl sites for hydroxylation is 1. The molecule has 0 spiro atoms.